The maximum Gasteiger partial charge on any atom is 0.121 e. The molecule has 0 aliphatic heterocycles. The average Bonchev–Trinajstić information content (AvgIpc) is 2.48. The summed E-state index contributed by atoms with van der Waals surface area (Å²) in [6, 6.07) is 12.8. The van der Waals surface area contributed by atoms with E-state index in [0.717, 1.165) is 16.8 Å². The number of nitriles is 1. The number of nitrogens with zero attached hydrogens (tertiary/aromatic N) is 1. The summed E-state index contributed by atoms with van der Waals surface area (Å²) in [6.07, 6.45) is 0. The number of phenols is 1. The molecular weight excluding hydrogens is 264 g/mol. The molecule has 2 aromatic carbocycles. The van der Waals surface area contributed by atoms with E-state index < -0.39 is 0 Å². The average molecular weight is 282 g/mol. The van der Waals surface area contributed by atoms with Crippen molar-refractivity contribution in [3.05, 3.63) is 53.1 Å². The zero-order valence-electron chi connectivity index (χ0n) is 12.3. The number of rotatable bonds is 4. The number of hydrogen-bond acceptors (Lipinski definition) is 4. The second kappa shape index (κ2) is 6.19. The summed E-state index contributed by atoms with van der Waals surface area (Å²) in [6.45, 7) is 3.83. The summed E-state index contributed by atoms with van der Waals surface area (Å²) in [5.41, 5.74) is 3.02. The van der Waals surface area contributed by atoms with Crippen LogP contribution in [-0.2, 0) is 0 Å². The van der Waals surface area contributed by atoms with Crippen molar-refractivity contribution in [3.8, 4) is 17.6 Å². The molecule has 0 aromatic heterocycles. The maximum atomic E-state index is 10.00. The van der Waals surface area contributed by atoms with Crippen LogP contribution in [0.5, 0.6) is 11.5 Å². The Bertz CT molecular complexity index is 690. The highest BCUT2D eigenvalue weighted by molar-refractivity contribution is 5.62. The lowest BCUT2D eigenvalue weighted by Gasteiger charge is -2.19. The van der Waals surface area contributed by atoms with E-state index in [-0.39, 0.29) is 11.8 Å². The monoisotopic (exact) mass is 282 g/mol. The van der Waals surface area contributed by atoms with Crippen LogP contribution in [0.25, 0.3) is 0 Å². The van der Waals surface area contributed by atoms with Gasteiger partial charge < -0.3 is 15.2 Å². The molecule has 108 valence electrons. The van der Waals surface area contributed by atoms with Crippen LogP contribution in [-0.4, -0.2) is 12.2 Å². The van der Waals surface area contributed by atoms with Crippen LogP contribution < -0.4 is 10.1 Å². The fourth-order valence-corrected chi connectivity index (χ4v) is 2.25. The zero-order valence-corrected chi connectivity index (χ0v) is 12.3. The van der Waals surface area contributed by atoms with Crippen LogP contribution in [0.15, 0.2) is 36.4 Å². The van der Waals surface area contributed by atoms with Crippen molar-refractivity contribution in [2.45, 2.75) is 19.9 Å². The number of aromatic hydroxyl groups is 1. The van der Waals surface area contributed by atoms with Gasteiger partial charge in [-0.2, -0.15) is 5.26 Å². The fourth-order valence-electron chi connectivity index (χ4n) is 2.25. The van der Waals surface area contributed by atoms with E-state index in [1.165, 1.54) is 0 Å². The third kappa shape index (κ3) is 3.09. The van der Waals surface area contributed by atoms with E-state index >= 15 is 0 Å². The Hall–Kier alpha value is -2.67. The van der Waals surface area contributed by atoms with Gasteiger partial charge in [-0.3, -0.25) is 0 Å². The quantitative estimate of drug-likeness (QED) is 0.896. The number of phenolic OH excluding ortho intramolecular Hbond substituents is 1. The predicted octanol–water partition coefficient (Wildman–Crippen LogP) is 3.75. The first-order valence-corrected chi connectivity index (χ1v) is 6.70. The molecule has 21 heavy (non-hydrogen) atoms. The van der Waals surface area contributed by atoms with Gasteiger partial charge in [0.1, 0.15) is 17.6 Å². The van der Waals surface area contributed by atoms with Crippen molar-refractivity contribution in [1.82, 2.24) is 0 Å². The number of nitrogens with one attached hydrogen (secondary N) is 1. The highest BCUT2D eigenvalue weighted by Gasteiger charge is 2.14. The molecule has 2 rings (SSSR count). The van der Waals surface area contributed by atoms with Gasteiger partial charge >= 0.3 is 0 Å². The number of hydrogen-bond donors (Lipinski definition) is 2. The third-order valence-electron chi connectivity index (χ3n) is 3.46. The highest BCUT2D eigenvalue weighted by atomic mass is 16.5. The van der Waals surface area contributed by atoms with Gasteiger partial charge in [-0.25, -0.2) is 0 Å². The minimum absolute atomic E-state index is 0.158. The second-order valence-corrected chi connectivity index (χ2v) is 4.90. The lowest BCUT2D eigenvalue weighted by Crippen LogP contribution is -2.08. The van der Waals surface area contributed by atoms with Crippen molar-refractivity contribution < 1.29 is 9.84 Å². The predicted molar refractivity (Wildman–Crippen MR) is 82.6 cm³/mol. The highest BCUT2D eigenvalue weighted by Crippen LogP contribution is 2.31. The third-order valence-corrected chi connectivity index (χ3v) is 3.46. The lowest BCUT2D eigenvalue weighted by atomic mass is 10.0. The normalized spacial score (nSPS) is 11.5. The van der Waals surface area contributed by atoms with E-state index in [1.807, 2.05) is 32.0 Å². The van der Waals surface area contributed by atoms with E-state index in [9.17, 15) is 10.4 Å². The molecule has 0 radical (unpaired) electrons. The van der Waals surface area contributed by atoms with Gasteiger partial charge in [-0.05, 0) is 43.7 Å². The molecule has 2 N–H and O–H groups in total. The summed E-state index contributed by atoms with van der Waals surface area (Å²) in [7, 11) is 1.59. The molecule has 4 heteroatoms. The first kappa shape index (κ1) is 14.7. The molecule has 2 aromatic rings. The molecule has 1 unspecified atom stereocenters. The Balaban J connectivity index is 2.33. The minimum Gasteiger partial charge on any atom is -0.508 e. The van der Waals surface area contributed by atoms with Gasteiger partial charge in [-0.1, -0.05) is 12.1 Å². The summed E-state index contributed by atoms with van der Waals surface area (Å²) >= 11 is 0. The van der Waals surface area contributed by atoms with Gasteiger partial charge in [0.15, 0.2) is 0 Å². The largest absolute Gasteiger partial charge is 0.508 e. The SMILES string of the molecule is COc1ccc(O)c(C(C)Nc2cccc(C)c2C#N)c1. The molecule has 0 bridgehead atoms. The number of anilines is 1. The molecule has 0 saturated heterocycles. The van der Waals surface area contributed by atoms with E-state index in [4.69, 9.17) is 4.74 Å². The van der Waals surface area contributed by atoms with Gasteiger partial charge in [0.25, 0.3) is 0 Å². The molecule has 0 amide bonds. The lowest BCUT2D eigenvalue weighted by molar-refractivity contribution is 0.410. The van der Waals surface area contributed by atoms with Crippen LogP contribution in [0.2, 0.25) is 0 Å². The van der Waals surface area contributed by atoms with E-state index in [2.05, 4.69) is 11.4 Å². The van der Waals surface area contributed by atoms with Gasteiger partial charge in [-0.15, -0.1) is 0 Å². The minimum atomic E-state index is -0.158. The van der Waals surface area contributed by atoms with Crippen LogP contribution in [0.4, 0.5) is 5.69 Å². The molecule has 0 aliphatic rings. The molecule has 0 fully saturated rings. The Morgan fingerprint density at radius 3 is 2.71 bits per heavy atom. The van der Waals surface area contributed by atoms with Crippen LogP contribution in [0.1, 0.15) is 29.7 Å². The van der Waals surface area contributed by atoms with Crippen molar-refractivity contribution >= 4 is 5.69 Å². The molecular formula is C17H18N2O2. The molecule has 0 spiro atoms. The first-order valence-electron chi connectivity index (χ1n) is 6.70. The molecule has 0 aliphatic carbocycles. The topological polar surface area (TPSA) is 65.3 Å². The van der Waals surface area contributed by atoms with Crippen molar-refractivity contribution in [2.75, 3.05) is 12.4 Å². The number of benzene rings is 2. The smallest absolute Gasteiger partial charge is 0.121 e. The van der Waals surface area contributed by atoms with E-state index in [0.29, 0.717) is 11.3 Å². The second-order valence-electron chi connectivity index (χ2n) is 4.90. The van der Waals surface area contributed by atoms with Crippen LogP contribution in [0, 0.1) is 18.3 Å². The summed E-state index contributed by atoms with van der Waals surface area (Å²) < 4.78 is 5.18. The van der Waals surface area contributed by atoms with Gasteiger partial charge in [0, 0.05) is 5.56 Å². The zero-order chi connectivity index (χ0) is 15.4. The Morgan fingerprint density at radius 2 is 2.05 bits per heavy atom. The Kier molecular flexibility index (Phi) is 4.34. The Morgan fingerprint density at radius 1 is 1.29 bits per heavy atom. The molecule has 0 heterocycles. The van der Waals surface area contributed by atoms with Crippen molar-refractivity contribution in [3.63, 3.8) is 0 Å². The maximum absolute atomic E-state index is 10.00. The van der Waals surface area contributed by atoms with Crippen molar-refractivity contribution in [1.29, 1.82) is 5.26 Å². The summed E-state index contributed by atoms with van der Waals surface area (Å²) in [4.78, 5) is 0. The molecule has 0 saturated carbocycles. The number of ether oxygens (including phenoxy) is 1. The number of methoxy groups -OCH3 is 1. The summed E-state index contributed by atoms with van der Waals surface area (Å²) in [5, 5.41) is 22.5. The molecule has 4 nitrogen and oxygen atoms in total. The van der Waals surface area contributed by atoms with Gasteiger partial charge in [0.05, 0.1) is 24.4 Å². The van der Waals surface area contributed by atoms with Gasteiger partial charge in [0.2, 0.25) is 0 Å². The first-order chi connectivity index (χ1) is 10.1. The van der Waals surface area contributed by atoms with E-state index in [1.54, 1.807) is 25.3 Å². The van der Waals surface area contributed by atoms with Crippen LogP contribution >= 0.6 is 0 Å². The number of aryl methyl sites for hydroxylation is 1. The van der Waals surface area contributed by atoms with Crippen molar-refractivity contribution in [2.24, 2.45) is 0 Å². The van der Waals surface area contributed by atoms with Crippen LogP contribution in [0.3, 0.4) is 0 Å². The fraction of sp³-hybridized carbons (Fsp3) is 0.235. The summed E-state index contributed by atoms with van der Waals surface area (Å²) in [5.74, 6) is 0.878. The molecule has 1 atom stereocenters. The Labute approximate surface area is 124 Å². The standard InChI is InChI=1S/C17H18N2O2/c1-11-5-4-6-16(15(11)10-18)19-12(2)14-9-13(21-3)7-8-17(14)20/h4-9,12,19-20H,1-3H3.